The highest BCUT2D eigenvalue weighted by molar-refractivity contribution is 6.34. The zero-order valence-electron chi connectivity index (χ0n) is 14.0. The predicted octanol–water partition coefficient (Wildman–Crippen LogP) is 3.61. The third kappa shape index (κ3) is 4.97. The fourth-order valence-electron chi connectivity index (χ4n) is 2.63. The number of rotatable bonds is 5. The molecule has 132 valence electrons. The van der Waals surface area contributed by atoms with Crippen LogP contribution in [0.15, 0.2) is 53.5 Å². The van der Waals surface area contributed by atoms with Crippen LogP contribution in [0.2, 0.25) is 5.02 Å². The molecular weight excluding hydrogens is 357 g/mol. The van der Waals surface area contributed by atoms with E-state index in [0.29, 0.717) is 17.1 Å². The fraction of sp³-hybridized carbons (Fsp3) is 0.263. The Morgan fingerprint density at radius 3 is 2.68 bits per heavy atom. The number of benzene rings is 2. The van der Waals surface area contributed by atoms with E-state index in [1.807, 2.05) is 55.5 Å². The molecule has 0 aliphatic carbocycles. The van der Waals surface area contributed by atoms with Gasteiger partial charge in [0.1, 0.15) is 5.84 Å². The van der Waals surface area contributed by atoms with Crippen LogP contribution in [0.4, 0.5) is 0 Å². The summed E-state index contributed by atoms with van der Waals surface area (Å²) in [5, 5.41) is 6.93. The van der Waals surface area contributed by atoms with Gasteiger partial charge in [-0.3, -0.25) is 9.79 Å². The minimum Gasteiger partial charge on any atom is -0.368 e. The van der Waals surface area contributed by atoms with Crippen molar-refractivity contribution in [1.82, 2.24) is 10.6 Å². The molecule has 25 heavy (non-hydrogen) atoms. The van der Waals surface area contributed by atoms with Gasteiger partial charge in [-0.15, -0.1) is 12.4 Å². The molecule has 1 aliphatic heterocycles. The van der Waals surface area contributed by atoms with E-state index in [2.05, 4.69) is 15.6 Å². The lowest BCUT2D eigenvalue weighted by Crippen LogP contribution is -2.28. The average Bonchev–Trinajstić information content (AvgIpc) is 3.04. The molecule has 1 aliphatic rings. The molecule has 1 atom stereocenters. The summed E-state index contributed by atoms with van der Waals surface area (Å²) in [4.78, 5) is 16.8. The first-order valence-electron chi connectivity index (χ1n) is 8.05. The van der Waals surface area contributed by atoms with Crippen LogP contribution in [0.5, 0.6) is 0 Å². The third-order valence-corrected chi connectivity index (χ3v) is 4.35. The van der Waals surface area contributed by atoms with Gasteiger partial charge >= 0.3 is 0 Å². The number of aliphatic imine (C=N–C) groups is 1. The van der Waals surface area contributed by atoms with Crippen LogP contribution in [0.25, 0.3) is 0 Å². The zero-order chi connectivity index (χ0) is 16.9. The molecule has 0 saturated carbocycles. The summed E-state index contributed by atoms with van der Waals surface area (Å²) >= 11 is 6.20. The second-order valence-corrected chi connectivity index (χ2v) is 6.31. The molecule has 0 spiro atoms. The van der Waals surface area contributed by atoms with E-state index in [1.54, 1.807) is 0 Å². The molecule has 1 heterocycles. The summed E-state index contributed by atoms with van der Waals surface area (Å²) in [5.74, 6) is 0.784. The Hall–Kier alpha value is -2.04. The van der Waals surface area contributed by atoms with Crippen LogP contribution in [0.3, 0.4) is 0 Å². The first kappa shape index (κ1) is 19.3. The van der Waals surface area contributed by atoms with Crippen molar-refractivity contribution in [3.05, 3.63) is 70.2 Å². The van der Waals surface area contributed by atoms with Gasteiger partial charge in [-0.25, -0.2) is 0 Å². The van der Waals surface area contributed by atoms with E-state index < -0.39 is 0 Å². The van der Waals surface area contributed by atoms with E-state index in [0.717, 1.165) is 29.9 Å². The first-order valence-corrected chi connectivity index (χ1v) is 8.43. The predicted molar refractivity (Wildman–Crippen MR) is 105 cm³/mol. The number of hydrogen-bond acceptors (Lipinski definition) is 3. The number of carbonyl (C=O) groups is 1. The van der Waals surface area contributed by atoms with Gasteiger partial charge < -0.3 is 10.6 Å². The monoisotopic (exact) mass is 377 g/mol. The normalized spacial score (nSPS) is 15.8. The highest BCUT2D eigenvalue weighted by atomic mass is 35.5. The SMILES string of the molecule is Cc1ccc(C(=O)NCCC2CNC(c3ccccc3Cl)=N2)cc1.Cl. The second-order valence-electron chi connectivity index (χ2n) is 5.90. The Bertz CT molecular complexity index is 760. The number of carbonyl (C=O) groups excluding carboxylic acids is 1. The molecule has 2 aromatic carbocycles. The van der Waals surface area contributed by atoms with Gasteiger partial charge in [0.25, 0.3) is 5.91 Å². The smallest absolute Gasteiger partial charge is 0.251 e. The van der Waals surface area contributed by atoms with Crippen molar-refractivity contribution in [2.24, 2.45) is 4.99 Å². The van der Waals surface area contributed by atoms with Gasteiger partial charge in [0.2, 0.25) is 0 Å². The first-order chi connectivity index (χ1) is 11.6. The van der Waals surface area contributed by atoms with E-state index in [-0.39, 0.29) is 24.4 Å². The molecule has 2 N–H and O–H groups in total. The minimum absolute atomic E-state index is 0. The maximum absolute atomic E-state index is 12.1. The minimum atomic E-state index is -0.0451. The largest absolute Gasteiger partial charge is 0.368 e. The highest BCUT2D eigenvalue weighted by Crippen LogP contribution is 2.18. The molecule has 1 unspecified atom stereocenters. The molecule has 6 heteroatoms. The zero-order valence-corrected chi connectivity index (χ0v) is 15.5. The van der Waals surface area contributed by atoms with Crippen molar-refractivity contribution in [2.45, 2.75) is 19.4 Å². The van der Waals surface area contributed by atoms with Crippen molar-refractivity contribution in [3.63, 3.8) is 0 Å². The van der Waals surface area contributed by atoms with Crippen LogP contribution in [-0.4, -0.2) is 30.9 Å². The summed E-state index contributed by atoms with van der Waals surface area (Å²) in [5.41, 5.74) is 2.75. The van der Waals surface area contributed by atoms with Crippen molar-refractivity contribution < 1.29 is 4.79 Å². The number of halogens is 2. The summed E-state index contributed by atoms with van der Waals surface area (Å²) in [6.45, 7) is 3.36. The molecule has 1 amide bonds. The van der Waals surface area contributed by atoms with Gasteiger partial charge in [-0.1, -0.05) is 41.4 Å². The molecular formula is C19H21Cl2N3O. The van der Waals surface area contributed by atoms with Crippen LogP contribution in [-0.2, 0) is 0 Å². The van der Waals surface area contributed by atoms with Gasteiger partial charge in [-0.05, 0) is 37.6 Å². The van der Waals surface area contributed by atoms with Gasteiger partial charge in [-0.2, -0.15) is 0 Å². The Morgan fingerprint density at radius 1 is 1.24 bits per heavy atom. The Morgan fingerprint density at radius 2 is 1.96 bits per heavy atom. The number of aryl methyl sites for hydroxylation is 1. The lowest BCUT2D eigenvalue weighted by Gasteiger charge is -2.08. The molecule has 3 rings (SSSR count). The van der Waals surface area contributed by atoms with Gasteiger partial charge in [0, 0.05) is 24.2 Å². The van der Waals surface area contributed by atoms with Crippen molar-refractivity contribution in [3.8, 4) is 0 Å². The third-order valence-electron chi connectivity index (χ3n) is 4.02. The highest BCUT2D eigenvalue weighted by Gasteiger charge is 2.19. The van der Waals surface area contributed by atoms with Crippen molar-refractivity contribution in [1.29, 1.82) is 0 Å². The fourth-order valence-corrected chi connectivity index (χ4v) is 2.86. The second kappa shape index (κ2) is 8.88. The quantitative estimate of drug-likeness (QED) is 0.835. The topological polar surface area (TPSA) is 53.5 Å². The van der Waals surface area contributed by atoms with Crippen LogP contribution in [0, 0.1) is 6.92 Å². The molecule has 0 fully saturated rings. The molecule has 0 saturated heterocycles. The molecule has 4 nitrogen and oxygen atoms in total. The maximum atomic E-state index is 12.1. The van der Waals surface area contributed by atoms with E-state index in [1.165, 1.54) is 0 Å². The summed E-state index contributed by atoms with van der Waals surface area (Å²) in [7, 11) is 0. The maximum Gasteiger partial charge on any atom is 0.251 e. The van der Waals surface area contributed by atoms with Gasteiger partial charge in [0.15, 0.2) is 0 Å². The van der Waals surface area contributed by atoms with E-state index >= 15 is 0 Å². The molecule has 0 radical (unpaired) electrons. The number of nitrogens with zero attached hydrogens (tertiary/aromatic N) is 1. The Balaban J connectivity index is 0.00000225. The summed E-state index contributed by atoms with van der Waals surface area (Å²) in [6, 6.07) is 15.4. The van der Waals surface area contributed by atoms with Crippen LogP contribution >= 0.6 is 24.0 Å². The summed E-state index contributed by atoms with van der Waals surface area (Å²) in [6.07, 6.45) is 0.790. The van der Waals surface area contributed by atoms with E-state index in [4.69, 9.17) is 11.6 Å². The lowest BCUT2D eigenvalue weighted by atomic mass is 10.1. The summed E-state index contributed by atoms with van der Waals surface area (Å²) < 4.78 is 0. The molecule has 2 aromatic rings. The Labute approximate surface area is 159 Å². The average molecular weight is 378 g/mol. The molecule has 0 aromatic heterocycles. The van der Waals surface area contributed by atoms with E-state index in [9.17, 15) is 4.79 Å². The number of amides is 1. The van der Waals surface area contributed by atoms with Crippen molar-refractivity contribution >= 4 is 35.8 Å². The van der Waals surface area contributed by atoms with Crippen molar-refractivity contribution in [2.75, 3.05) is 13.1 Å². The lowest BCUT2D eigenvalue weighted by molar-refractivity contribution is 0.0952. The van der Waals surface area contributed by atoms with Crippen LogP contribution < -0.4 is 10.6 Å². The number of hydrogen-bond donors (Lipinski definition) is 2. The standard InChI is InChI=1S/C19H20ClN3O.ClH/c1-13-6-8-14(9-7-13)19(24)21-11-10-15-12-22-18(23-15)16-4-2-3-5-17(16)20;/h2-9,15H,10-12H2,1H3,(H,21,24)(H,22,23);1H. The number of nitrogens with one attached hydrogen (secondary N) is 2. The number of amidine groups is 1. The Kier molecular flexibility index (Phi) is 6.85. The van der Waals surface area contributed by atoms with Crippen LogP contribution in [0.1, 0.15) is 27.9 Å². The van der Waals surface area contributed by atoms with Gasteiger partial charge in [0.05, 0.1) is 11.1 Å². The molecule has 0 bridgehead atoms.